The Labute approximate surface area is 129 Å². The van der Waals surface area contributed by atoms with Crippen molar-refractivity contribution in [2.24, 2.45) is 0 Å². The van der Waals surface area contributed by atoms with Gasteiger partial charge in [0.25, 0.3) is 0 Å². The molecule has 0 radical (unpaired) electrons. The van der Waals surface area contributed by atoms with E-state index in [1.165, 1.54) is 18.7 Å². The highest BCUT2D eigenvalue weighted by atomic mass is 32.1. The molecule has 2 rings (SSSR count). The zero-order chi connectivity index (χ0) is 15.2. The lowest BCUT2D eigenvalue weighted by Gasteiger charge is -2.13. The first-order valence-electron chi connectivity index (χ1n) is 6.63. The van der Waals surface area contributed by atoms with Crippen LogP contribution >= 0.6 is 12.2 Å². The van der Waals surface area contributed by atoms with Crippen LogP contribution in [0.4, 0.5) is 15.8 Å². The highest BCUT2D eigenvalue weighted by molar-refractivity contribution is 7.80. The average Bonchev–Trinajstić information content (AvgIpc) is 2.48. The van der Waals surface area contributed by atoms with Gasteiger partial charge in [-0.25, -0.2) is 4.39 Å². The minimum absolute atomic E-state index is 0.204. The lowest BCUT2D eigenvalue weighted by Crippen LogP contribution is -2.20. The third kappa shape index (κ3) is 3.92. The largest absolute Gasteiger partial charge is 0.494 e. The van der Waals surface area contributed by atoms with Gasteiger partial charge in [-0.3, -0.25) is 0 Å². The van der Waals surface area contributed by atoms with Crippen molar-refractivity contribution in [3.63, 3.8) is 0 Å². The maximum atomic E-state index is 13.6. The molecule has 0 amide bonds. The van der Waals surface area contributed by atoms with Crippen LogP contribution in [0.15, 0.2) is 42.5 Å². The van der Waals surface area contributed by atoms with Crippen LogP contribution in [-0.2, 0) is 6.42 Å². The molecule has 0 unspecified atom stereocenters. The van der Waals surface area contributed by atoms with Crippen molar-refractivity contribution in [2.45, 2.75) is 13.3 Å². The highest BCUT2D eigenvalue weighted by Crippen LogP contribution is 2.21. The molecule has 2 N–H and O–H groups in total. The fraction of sp³-hybridized carbons (Fsp3) is 0.188. The average molecular weight is 304 g/mol. The predicted molar refractivity (Wildman–Crippen MR) is 88.6 cm³/mol. The molecule has 0 atom stereocenters. The van der Waals surface area contributed by atoms with Crippen LogP contribution in [0, 0.1) is 5.82 Å². The van der Waals surface area contributed by atoms with Gasteiger partial charge in [0.05, 0.1) is 7.11 Å². The Hall–Kier alpha value is -2.14. The summed E-state index contributed by atoms with van der Waals surface area (Å²) in [7, 11) is 1.43. The first-order chi connectivity index (χ1) is 10.1. The van der Waals surface area contributed by atoms with Crippen molar-refractivity contribution < 1.29 is 9.13 Å². The second-order valence-electron chi connectivity index (χ2n) is 4.44. The van der Waals surface area contributed by atoms with E-state index in [1.54, 1.807) is 12.1 Å². The van der Waals surface area contributed by atoms with Gasteiger partial charge in [0, 0.05) is 17.4 Å². The van der Waals surface area contributed by atoms with Crippen molar-refractivity contribution >= 4 is 28.7 Å². The number of halogens is 1. The number of hydrogen-bond donors (Lipinski definition) is 2. The first kappa shape index (κ1) is 15.3. The second kappa shape index (κ2) is 7.04. The quantitative estimate of drug-likeness (QED) is 0.829. The molecule has 0 aliphatic rings. The van der Waals surface area contributed by atoms with E-state index in [4.69, 9.17) is 17.0 Å². The number of aryl methyl sites for hydroxylation is 1. The number of hydrogen-bond acceptors (Lipinski definition) is 2. The van der Waals surface area contributed by atoms with Crippen LogP contribution in [0.2, 0.25) is 0 Å². The van der Waals surface area contributed by atoms with Crippen molar-refractivity contribution in [1.82, 2.24) is 0 Å². The lowest BCUT2D eigenvalue weighted by atomic mass is 10.1. The van der Waals surface area contributed by atoms with Gasteiger partial charge in [-0.1, -0.05) is 25.1 Å². The molecule has 2 aromatic rings. The summed E-state index contributed by atoms with van der Waals surface area (Å²) in [6.45, 7) is 2.08. The van der Waals surface area contributed by atoms with Crippen LogP contribution in [0.5, 0.6) is 5.75 Å². The molecule has 5 heteroatoms. The van der Waals surface area contributed by atoms with Gasteiger partial charge in [-0.2, -0.15) is 0 Å². The Balaban J connectivity index is 2.06. The van der Waals surface area contributed by atoms with E-state index in [9.17, 15) is 4.39 Å². The minimum Gasteiger partial charge on any atom is -0.494 e. The maximum Gasteiger partial charge on any atom is 0.175 e. The third-order valence-corrected chi connectivity index (χ3v) is 3.26. The van der Waals surface area contributed by atoms with E-state index in [-0.39, 0.29) is 5.75 Å². The summed E-state index contributed by atoms with van der Waals surface area (Å²) in [5.41, 5.74) is 2.69. The van der Waals surface area contributed by atoms with Gasteiger partial charge < -0.3 is 15.4 Å². The van der Waals surface area contributed by atoms with E-state index < -0.39 is 5.82 Å². The van der Waals surface area contributed by atoms with Crippen LogP contribution in [-0.4, -0.2) is 12.2 Å². The maximum absolute atomic E-state index is 13.6. The summed E-state index contributed by atoms with van der Waals surface area (Å²) < 4.78 is 18.5. The summed E-state index contributed by atoms with van der Waals surface area (Å²) >= 11 is 5.25. The number of para-hydroxylation sites is 1. The number of rotatable bonds is 4. The molecule has 3 nitrogen and oxygen atoms in total. The molecule has 0 aromatic heterocycles. The molecule has 0 bridgehead atoms. The van der Waals surface area contributed by atoms with Crippen molar-refractivity contribution in [1.29, 1.82) is 0 Å². The molecule has 0 fully saturated rings. The summed E-state index contributed by atoms with van der Waals surface area (Å²) in [4.78, 5) is 0. The molecule has 21 heavy (non-hydrogen) atoms. The molecular weight excluding hydrogens is 287 g/mol. The number of anilines is 2. The smallest absolute Gasteiger partial charge is 0.175 e. The molecule has 0 aliphatic heterocycles. The van der Waals surface area contributed by atoms with Crippen molar-refractivity contribution in [2.75, 3.05) is 17.7 Å². The van der Waals surface area contributed by atoms with Gasteiger partial charge in [-0.15, -0.1) is 0 Å². The van der Waals surface area contributed by atoms with E-state index in [2.05, 4.69) is 17.6 Å². The zero-order valence-corrected chi connectivity index (χ0v) is 12.8. The summed E-state index contributed by atoms with van der Waals surface area (Å²) in [6.07, 6.45) is 0.906. The van der Waals surface area contributed by atoms with Crippen LogP contribution in [0.25, 0.3) is 0 Å². The van der Waals surface area contributed by atoms with Gasteiger partial charge in [0.1, 0.15) is 0 Å². The molecule has 0 heterocycles. The topological polar surface area (TPSA) is 33.3 Å². The number of benzene rings is 2. The normalized spacial score (nSPS) is 10.0. The molecule has 0 saturated carbocycles. The first-order valence-corrected chi connectivity index (χ1v) is 7.04. The van der Waals surface area contributed by atoms with Gasteiger partial charge >= 0.3 is 0 Å². The molecular formula is C16H17FN2OS. The van der Waals surface area contributed by atoms with E-state index in [0.29, 0.717) is 10.8 Å². The number of nitrogens with one attached hydrogen (secondary N) is 2. The molecule has 2 aromatic carbocycles. The Bertz CT molecular complexity index is 646. The number of ether oxygens (including phenoxy) is 1. The predicted octanol–water partition coefficient (Wildman–Crippen LogP) is 4.21. The Morgan fingerprint density at radius 2 is 1.95 bits per heavy atom. The van der Waals surface area contributed by atoms with Crippen LogP contribution in [0.1, 0.15) is 12.5 Å². The number of thiocarbonyl (C=S) groups is 1. The summed E-state index contributed by atoms with van der Waals surface area (Å²) in [6, 6.07) is 12.5. The molecule has 0 spiro atoms. The van der Waals surface area contributed by atoms with Gasteiger partial charge in [0.15, 0.2) is 16.7 Å². The summed E-state index contributed by atoms with van der Waals surface area (Å²) in [5.74, 6) is -0.227. The second-order valence-corrected chi connectivity index (χ2v) is 4.85. The SMILES string of the molecule is CCc1ccccc1NC(=S)Nc1ccc(OC)c(F)c1. The van der Waals surface area contributed by atoms with E-state index in [1.807, 2.05) is 24.3 Å². The standard InChI is InChI=1S/C16H17FN2OS/c1-3-11-6-4-5-7-14(11)19-16(21)18-12-8-9-15(20-2)13(17)10-12/h4-10H,3H2,1-2H3,(H2,18,19,21). The summed E-state index contributed by atoms with van der Waals surface area (Å²) in [5, 5.41) is 6.50. The number of methoxy groups -OCH3 is 1. The Kier molecular flexibility index (Phi) is 5.11. The molecule has 0 saturated heterocycles. The van der Waals surface area contributed by atoms with E-state index >= 15 is 0 Å². The van der Waals surface area contributed by atoms with Crippen molar-refractivity contribution in [3.8, 4) is 5.75 Å². The Morgan fingerprint density at radius 1 is 1.19 bits per heavy atom. The van der Waals surface area contributed by atoms with Gasteiger partial charge in [0.2, 0.25) is 0 Å². The fourth-order valence-corrected chi connectivity index (χ4v) is 2.21. The van der Waals surface area contributed by atoms with Crippen molar-refractivity contribution in [3.05, 3.63) is 53.8 Å². The molecule has 110 valence electrons. The third-order valence-electron chi connectivity index (χ3n) is 3.06. The fourth-order valence-electron chi connectivity index (χ4n) is 1.98. The highest BCUT2D eigenvalue weighted by Gasteiger charge is 2.06. The van der Waals surface area contributed by atoms with E-state index in [0.717, 1.165) is 12.1 Å². The monoisotopic (exact) mass is 304 g/mol. The zero-order valence-electron chi connectivity index (χ0n) is 11.9. The van der Waals surface area contributed by atoms with Crippen LogP contribution in [0.3, 0.4) is 0 Å². The molecule has 0 aliphatic carbocycles. The lowest BCUT2D eigenvalue weighted by molar-refractivity contribution is 0.387. The van der Waals surface area contributed by atoms with Crippen LogP contribution < -0.4 is 15.4 Å². The van der Waals surface area contributed by atoms with Gasteiger partial charge in [-0.05, 0) is 42.4 Å². The minimum atomic E-state index is -0.431. The Morgan fingerprint density at radius 3 is 2.62 bits per heavy atom.